The van der Waals surface area contributed by atoms with E-state index < -0.39 is 35.1 Å². The summed E-state index contributed by atoms with van der Waals surface area (Å²) in [6.45, 7) is 32.6. The van der Waals surface area contributed by atoms with Crippen LogP contribution in [0.15, 0.2) is 35.6 Å². The highest BCUT2D eigenvalue weighted by Crippen LogP contribution is 2.29. The molecule has 4 heterocycles. The van der Waals surface area contributed by atoms with Gasteiger partial charge in [-0.2, -0.15) is 5.10 Å². The van der Waals surface area contributed by atoms with E-state index in [2.05, 4.69) is 60.0 Å². The Labute approximate surface area is 499 Å². The van der Waals surface area contributed by atoms with E-state index in [9.17, 15) is 28.8 Å². The van der Waals surface area contributed by atoms with Crippen molar-refractivity contribution in [2.45, 2.75) is 216 Å². The van der Waals surface area contributed by atoms with Crippen LogP contribution in [-0.4, -0.2) is 178 Å². The van der Waals surface area contributed by atoms with Crippen LogP contribution in [0.5, 0.6) is 0 Å². The Hall–Kier alpha value is -6.19. The van der Waals surface area contributed by atoms with Crippen LogP contribution in [0.1, 0.15) is 183 Å². The number of H-pyrrole nitrogens is 1. The normalized spacial score (nSPS) is 17.6. The van der Waals surface area contributed by atoms with E-state index in [-0.39, 0.29) is 73.5 Å². The summed E-state index contributed by atoms with van der Waals surface area (Å²) in [4.78, 5) is 92.5. The molecule has 1 aromatic heterocycles. The molecular weight excluding hydrogens is 1080 g/mol. The highest BCUT2D eigenvalue weighted by molar-refractivity contribution is 5.95. The molecule has 6 rings (SSSR count). The fourth-order valence-electron chi connectivity index (χ4n) is 10.2. The lowest BCUT2D eigenvalue weighted by Gasteiger charge is -2.40. The van der Waals surface area contributed by atoms with Crippen molar-refractivity contribution < 1.29 is 57.2 Å². The third-order valence-corrected chi connectivity index (χ3v) is 14.2. The molecule has 20 nitrogen and oxygen atoms in total. The van der Waals surface area contributed by atoms with E-state index >= 15 is 4.39 Å². The third-order valence-electron chi connectivity index (χ3n) is 14.2. The second kappa shape index (κ2) is 36.6. The fraction of sp³-hybridized carbons (Fsp3) is 0.683. The molecule has 0 bridgehead atoms. The SMILES string of the molecule is C.C=C/C=c1/c(=O)[nH]nc(Cc2ccc(F)c(C(=O)N3CCN(C(=O)CN4CCC(OC5CCN(C(=O)C(NC(=O)OC(C)(C)C)C6CCCCC6)CC5)CC4)CC3)c2)/c1=C/C.CC(C)NC(=O)OC(C)(C)C.CCC(C)OC(C)C.O=CO. The maximum absolute atomic E-state index is 15.1. The van der Waals surface area contributed by atoms with Crippen LogP contribution >= 0.6 is 0 Å². The second-order valence-electron chi connectivity index (χ2n) is 24.2. The molecule has 1 saturated carbocycles. The minimum atomic E-state index is -0.645. The Morgan fingerprint density at radius 2 is 1.33 bits per heavy atom. The second-order valence-corrected chi connectivity index (χ2v) is 24.2. The molecule has 4 aliphatic rings. The Morgan fingerprint density at radius 1 is 0.798 bits per heavy atom. The third kappa shape index (κ3) is 26.4. The topological polar surface area (TPSA) is 242 Å². The number of amides is 5. The quantitative estimate of drug-likeness (QED) is 0.124. The number of benzene rings is 1. The van der Waals surface area contributed by atoms with Crippen LogP contribution in [0, 0.1) is 11.7 Å². The molecule has 5 amide bonds. The Balaban J connectivity index is 0.000000885. The molecule has 2 unspecified atom stereocenters. The minimum Gasteiger partial charge on any atom is -0.483 e. The summed E-state index contributed by atoms with van der Waals surface area (Å²) in [5, 5.41) is 20.3. The van der Waals surface area contributed by atoms with Gasteiger partial charge in [0.15, 0.2) is 0 Å². The summed E-state index contributed by atoms with van der Waals surface area (Å²) >= 11 is 0. The van der Waals surface area contributed by atoms with Gasteiger partial charge < -0.3 is 49.4 Å². The summed E-state index contributed by atoms with van der Waals surface area (Å²) in [7, 11) is 0. The van der Waals surface area contributed by atoms with Gasteiger partial charge in [-0.1, -0.05) is 58.4 Å². The first-order chi connectivity index (χ1) is 39.1. The standard InChI is InChI=1S/C46H64FN7O7.C8H17NO2.C7H16O.CH2O2.CH4/c1-6-11-36-35(7-2)39(49-50-42(36)56)29-31-14-15-38(47)37(28-31)43(57)54-26-24-52(25-27-54)40(55)30-51-20-16-33(17-21-51)60-34-18-22-53(23-19-34)44(58)41(32-12-9-8-10-13-32)48-45(59)61-46(3,4)5;1-6(2)9-7(10)11-8(3,4)5;1-5-7(4)8-6(2)3;2-1-3;/h6-7,11,14-15,28,32-34,41H,1,8-10,12-13,16-27,29-30H2,2-5H3,(H,48,59)(H,50,56);6H,1-5H3,(H,9,10);6-7H,5H2,1-4H3;1H,(H,2,3);1H4/b35-7+,36-11+;;;;. The van der Waals surface area contributed by atoms with Gasteiger partial charge in [0.05, 0.1) is 42.2 Å². The number of aromatic amines is 1. The summed E-state index contributed by atoms with van der Waals surface area (Å²) in [5.74, 6) is -0.957. The van der Waals surface area contributed by atoms with Crippen LogP contribution in [0.25, 0.3) is 12.2 Å². The number of nitrogens with zero attached hydrogens (tertiary/aromatic N) is 5. The molecule has 0 spiro atoms. The van der Waals surface area contributed by atoms with E-state index in [0.717, 1.165) is 77.3 Å². The highest BCUT2D eigenvalue weighted by atomic mass is 19.1. The number of hydrogen-bond donors (Lipinski definition) is 4. The number of carbonyl (C=O) groups is 6. The maximum Gasteiger partial charge on any atom is 0.408 e. The predicted octanol–water partition coefficient (Wildman–Crippen LogP) is 7.96. The first kappa shape index (κ1) is 73.9. The van der Waals surface area contributed by atoms with Gasteiger partial charge in [-0.25, -0.2) is 19.1 Å². The van der Waals surface area contributed by atoms with Gasteiger partial charge in [-0.3, -0.25) is 28.9 Å². The molecule has 0 radical (unpaired) electrons. The number of carboxylic acid groups (broad SMARTS) is 1. The summed E-state index contributed by atoms with van der Waals surface area (Å²) in [6.07, 6.45) is 14.6. The first-order valence-corrected chi connectivity index (χ1v) is 29.7. The van der Waals surface area contributed by atoms with Gasteiger partial charge in [-0.05, 0) is 158 Å². The summed E-state index contributed by atoms with van der Waals surface area (Å²) in [6, 6.07) is 3.98. The minimum absolute atomic E-state index is 0. The first-order valence-electron chi connectivity index (χ1n) is 29.7. The van der Waals surface area contributed by atoms with Crippen LogP contribution < -0.4 is 26.6 Å². The average molecular weight is 1180 g/mol. The van der Waals surface area contributed by atoms with Crippen molar-refractivity contribution in [1.82, 2.24) is 40.4 Å². The van der Waals surface area contributed by atoms with Gasteiger partial charge in [0.1, 0.15) is 23.1 Å². The number of halogens is 1. The van der Waals surface area contributed by atoms with E-state index in [0.29, 0.717) is 79.7 Å². The number of piperazine rings is 1. The van der Waals surface area contributed by atoms with E-state index in [1.807, 2.05) is 67.2 Å². The van der Waals surface area contributed by atoms with Crippen molar-refractivity contribution in [3.8, 4) is 0 Å². The zero-order chi connectivity index (χ0) is 62.0. The van der Waals surface area contributed by atoms with Crippen molar-refractivity contribution in [2.24, 2.45) is 5.92 Å². The lowest BCUT2D eigenvalue weighted by Crippen LogP contribution is -2.55. The Kier molecular flexibility index (Phi) is 32.2. The van der Waals surface area contributed by atoms with Crippen molar-refractivity contribution >= 4 is 48.5 Å². The zero-order valence-electron chi connectivity index (χ0n) is 52.0. The number of nitrogens with one attached hydrogen (secondary N) is 3. The van der Waals surface area contributed by atoms with Gasteiger partial charge in [0.2, 0.25) is 11.8 Å². The summed E-state index contributed by atoms with van der Waals surface area (Å²) < 4.78 is 37.5. The molecule has 1 aliphatic carbocycles. The van der Waals surface area contributed by atoms with Crippen LogP contribution in [0.4, 0.5) is 14.0 Å². The molecule has 1 aromatic carbocycles. The highest BCUT2D eigenvalue weighted by Gasteiger charge is 2.37. The summed E-state index contributed by atoms with van der Waals surface area (Å²) in [5.41, 5.74) is -0.167. The molecule has 4 N–H and O–H groups in total. The molecule has 84 heavy (non-hydrogen) atoms. The van der Waals surface area contributed by atoms with Crippen molar-refractivity contribution in [3.63, 3.8) is 0 Å². The Bertz CT molecular complexity index is 2570. The van der Waals surface area contributed by atoms with Gasteiger partial charge in [-0.15, -0.1) is 0 Å². The Morgan fingerprint density at radius 3 is 1.82 bits per heavy atom. The van der Waals surface area contributed by atoms with Crippen molar-refractivity contribution in [2.75, 3.05) is 58.9 Å². The van der Waals surface area contributed by atoms with Gasteiger partial charge >= 0.3 is 12.2 Å². The lowest BCUT2D eigenvalue weighted by molar-refractivity contribution is -0.140. The van der Waals surface area contributed by atoms with E-state index in [4.69, 9.17) is 28.8 Å². The predicted molar refractivity (Wildman–Crippen MR) is 326 cm³/mol. The number of aromatic nitrogens is 2. The number of hydrogen-bond acceptors (Lipinski definition) is 13. The number of alkyl carbamates (subject to hydrolysis) is 2. The number of allylic oxidation sites excluding steroid dienone is 1. The zero-order valence-corrected chi connectivity index (χ0v) is 52.0. The number of rotatable bonds is 15. The smallest absolute Gasteiger partial charge is 0.408 e. The van der Waals surface area contributed by atoms with E-state index in [1.54, 1.807) is 28.0 Å². The van der Waals surface area contributed by atoms with Crippen LogP contribution in [0.2, 0.25) is 0 Å². The van der Waals surface area contributed by atoms with Crippen LogP contribution in [-0.2, 0) is 39.8 Å². The average Bonchev–Trinajstić information content (AvgIpc) is 3.43. The molecule has 4 fully saturated rings. The van der Waals surface area contributed by atoms with E-state index in [1.165, 1.54) is 18.2 Å². The molecule has 3 aliphatic heterocycles. The van der Waals surface area contributed by atoms with Crippen LogP contribution in [0.3, 0.4) is 0 Å². The number of ether oxygens (including phenoxy) is 4. The van der Waals surface area contributed by atoms with Crippen molar-refractivity contribution in [3.05, 3.63) is 74.3 Å². The molecule has 3 saturated heterocycles. The fourth-order valence-corrected chi connectivity index (χ4v) is 10.2. The number of carbonyl (C=O) groups excluding carboxylic acids is 5. The number of piperidine rings is 2. The maximum atomic E-state index is 15.1. The molecule has 2 atom stereocenters. The van der Waals surface area contributed by atoms with Gasteiger partial charge in [0.25, 0.3) is 17.9 Å². The van der Waals surface area contributed by atoms with Crippen molar-refractivity contribution in [1.29, 1.82) is 0 Å². The molecular formula is C63H103FN8O12. The largest absolute Gasteiger partial charge is 0.483 e. The lowest BCUT2D eigenvalue weighted by atomic mass is 9.83. The van der Waals surface area contributed by atoms with Gasteiger partial charge in [0, 0.05) is 75.3 Å². The molecule has 474 valence electrons. The molecule has 2 aromatic rings. The number of likely N-dealkylation sites (tertiary alicyclic amines) is 2. The molecule has 21 heteroatoms. The monoisotopic (exact) mass is 1180 g/mol.